The summed E-state index contributed by atoms with van der Waals surface area (Å²) in [7, 11) is 0. The summed E-state index contributed by atoms with van der Waals surface area (Å²) >= 11 is 0. The monoisotopic (exact) mass is 897 g/mol. The van der Waals surface area contributed by atoms with Crippen LogP contribution >= 0.6 is 0 Å². The second kappa shape index (κ2) is 15.1. The van der Waals surface area contributed by atoms with Crippen molar-refractivity contribution in [3.63, 3.8) is 0 Å². The molecule has 3 heterocycles. The molecule has 0 atom stereocenters. The summed E-state index contributed by atoms with van der Waals surface area (Å²) in [6, 6.07) is 51.3. The number of anilines is 2. The molecular formula is C48H40N5OPt-3. The molecule has 6 aromatic carbocycles. The third-order valence-electron chi connectivity index (χ3n) is 10.1. The standard InChI is InChI=1S/C48H40N5O.Pt/c1-33(2)41-20-12-21-42(34(3)4)47(41)52-26-25-49-48(52)53-45-22-9-8-19-43(45)44-24-23-40(31-46(44)53)54-39-18-11-17-38(30-39)51-28-27-50(32-51)37-16-10-15-36(29-37)35-13-6-5-7-14-35;/h5-29,32-34H,1-4H3;/q-3;. The Morgan fingerprint density at radius 3 is 2.13 bits per heavy atom. The third-order valence-corrected chi connectivity index (χ3v) is 10.1. The quantitative estimate of drug-likeness (QED) is 0.135. The summed E-state index contributed by atoms with van der Waals surface area (Å²) in [5, 5.41) is 2.22. The average molecular weight is 898 g/mol. The van der Waals surface area contributed by atoms with Gasteiger partial charge in [-0.15, -0.1) is 48.1 Å². The van der Waals surface area contributed by atoms with Gasteiger partial charge in [-0.25, -0.2) is 4.98 Å². The molecule has 276 valence electrons. The number of ether oxygens (including phenoxy) is 1. The van der Waals surface area contributed by atoms with Crippen LogP contribution in [0.2, 0.25) is 0 Å². The zero-order valence-electron chi connectivity index (χ0n) is 31.1. The first-order chi connectivity index (χ1) is 26.4. The van der Waals surface area contributed by atoms with Gasteiger partial charge < -0.3 is 19.1 Å². The van der Waals surface area contributed by atoms with Gasteiger partial charge in [-0.2, -0.15) is 12.1 Å². The van der Waals surface area contributed by atoms with Crippen LogP contribution in [0.15, 0.2) is 152 Å². The van der Waals surface area contributed by atoms with Crippen LogP contribution in [0.25, 0.3) is 44.6 Å². The first-order valence-electron chi connectivity index (χ1n) is 18.5. The predicted molar refractivity (Wildman–Crippen MR) is 221 cm³/mol. The number of benzene rings is 6. The van der Waals surface area contributed by atoms with E-state index in [2.05, 4.69) is 170 Å². The van der Waals surface area contributed by atoms with Crippen molar-refractivity contribution in [2.45, 2.75) is 39.5 Å². The van der Waals surface area contributed by atoms with Crippen molar-refractivity contribution >= 4 is 33.2 Å². The zero-order valence-corrected chi connectivity index (χ0v) is 33.4. The average Bonchev–Trinajstić information content (AvgIpc) is 3.96. The number of fused-ring (bicyclic) bond motifs is 3. The van der Waals surface area contributed by atoms with E-state index in [0.29, 0.717) is 23.3 Å². The third kappa shape index (κ3) is 6.76. The van der Waals surface area contributed by atoms with Gasteiger partial charge in [-0.05, 0) is 70.1 Å². The molecule has 0 spiro atoms. The molecule has 1 aliphatic rings. The fourth-order valence-electron chi connectivity index (χ4n) is 7.46. The van der Waals surface area contributed by atoms with Gasteiger partial charge in [0.1, 0.15) is 0 Å². The van der Waals surface area contributed by atoms with E-state index in [1.165, 1.54) is 27.9 Å². The fourth-order valence-corrected chi connectivity index (χ4v) is 7.46. The van der Waals surface area contributed by atoms with Crippen molar-refractivity contribution in [1.82, 2.24) is 14.1 Å². The van der Waals surface area contributed by atoms with Crippen molar-refractivity contribution < 1.29 is 25.8 Å². The zero-order chi connectivity index (χ0) is 36.8. The van der Waals surface area contributed by atoms with E-state index in [1.807, 2.05) is 47.6 Å². The first kappa shape index (κ1) is 36.2. The van der Waals surface area contributed by atoms with Crippen LogP contribution in [0.4, 0.5) is 11.4 Å². The normalized spacial score (nSPS) is 12.7. The van der Waals surface area contributed by atoms with Gasteiger partial charge in [0.15, 0.2) is 0 Å². The Hall–Kier alpha value is -5.84. The Bertz CT molecular complexity index is 2630. The summed E-state index contributed by atoms with van der Waals surface area (Å²) in [5.41, 5.74) is 10.0. The summed E-state index contributed by atoms with van der Waals surface area (Å²) in [4.78, 5) is 9.15. The molecule has 0 fully saturated rings. The molecule has 0 radical (unpaired) electrons. The van der Waals surface area contributed by atoms with E-state index in [4.69, 9.17) is 9.72 Å². The molecule has 0 bridgehead atoms. The van der Waals surface area contributed by atoms with E-state index >= 15 is 0 Å². The second-order valence-corrected chi connectivity index (χ2v) is 14.3. The van der Waals surface area contributed by atoms with Gasteiger partial charge in [0, 0.05) is 56.2 Å². The van der Waals surface area contributed by atoms with Crippen LogP contribution in [0, 0.1) is 18.8 Å². The van der Waals surface area contributed by atoms with E-state index < -0.39 is 0 Å². The minimum absolute atomic E-state index is 0. The largest absolute Gasteiger partial charge is 0.509 e. The fraction of sp³-hybridized carbons (Fsp3) is 0.125. The number of para-hydroxylation sites is 2. The number of hydrogen-bond acceptors (Lipinski definition) is 4. The maximum absolute atomic E-state index is 6.52. The van der Waals surface area contributed by atoms with Crippen molar-refractivity contribution in [3.8, 4) is 34.3 Å². The number of aromatic nitrogens is 3. The molecule has 0 N–H and O–H groups in total. The van der Waals surface area contributed by atoms with Gasteiger partial charge in [0.05, 0.1) is 5.69 Å². The molecule has 0 saturated heterocycles. The van der Waals surface area contributed by atoms with Gasteiger partial charge in [-0.3, -0.25) is 4.57 Å². The van der Waals surface area contributed by atoms with Crippen LogP contribution in [0.3, 0.4) is 0 Å². The molecule has 9 rings (SSSR count). The molecule has 0 unspecified atom stereocenters. The maximum Gasteiger partial charge on any atom is 0.217 e. The maximum atomic E-state index is 6.52. The molecule has 55 heavy (non-hydrogen) atoms. The van der Waals surface area contributed by atoms with Crippen molar-refractivity contribution in [2.24, 2.45) is 0 Å². The minimum Gasteiger partial charge on any atom is -0.509 e. The van der Waals surface area contributed by atoms with Gasteiger partial charge in [0.25, 0.3) is 0 Å². The topological polar surface area (TPSA) is 38.5 Å². The number of hydrogen-bond donors (Lipinski definition) is 0. The van der Waals surface area contributed by atoms with Gasteiger partial charge in [-0.1, -0.05) is 112 Å². The van der Waals surface area contributed by atoms with Crippen LogP contribution in [-0.2, 0) is 21.1 Å². The van der Waals surface area contributed by atoms with E-state index in [9.17, 15) is 0 Å². The summed E-state index contributed by atoms with van der Waals surface area (Å²) in [6.45, 7) is 11.1. The summed E-state index contributed by atoms with van der Waals surface area (Å²) < 4.78 is 11.0. The van der Waals surface area contributed by atoms with Crippen LogP contribution < -0.4 is 14.5 Å². The van der Waals surface area contributed by atoms with Crippen LogP contribution in [-0.4, -0.2) is 14.1 Å². The molecule has 0 saturated carbocycles. The molecule has 6 nitrogen and oxygen atoms in total. The van der Waals surface area contributed by atoms with Gasteiger partial charge >= 0.3 is 0 Å². The summed E-state index contributed by atoms with van der Waals surface area (Å²) in [6.07, 6.45) is 8.06. The molecule has 2 aromatic heterocycles. The molecule has 0 amide bonds. The Labute approximate surface area is 337 Å². The molecule has 8 aromatic rings. The Kier molecular flexibility index (Phi) is 9.94. The number of nitrogens with zero attached hydrogens (tertiary/aromatic N) is 5. The molecule has 1 aliphatic heterocycles. The number of imidazole rings is 1. The Morgan fingerprint density at radius 2 is 1.33 bits per heavy atom. The molecule has 0 aliphatic carbocycles. The van der Waals surface area contributed by atoms with Crippen molar-refractivity contribution in [3.05, 3.63) is 182 Å². The first-order valence-corrected chi connectivity index (χ1v) is 18.5. The van der Waals surface area contributed by atoms with Crippen LogP contribution in [0.5, 0.6) is 11.5 Å². The second-order valence-electron chi connectivity index (χ2n) is 14.3. The van der Waals surface area contributed by atoms with E-state index in [0.717, 1.165) is 39.1 Å². The van der Waals surface area contributed by atoms with Gasteiger partial charge in [0.2, 0.25) is 5.95 Å². The SMILES string of the molecule is CC(C)c1cccc(C(C)C)c1-n1ccnc1-n1c2[c-]c(Oc3[c-]c(N4C=CN(c5cccc(-c6ccccc6)c5)[CH-]4)ccc3)ccc2c2ccccc21.[Pt]. The molecular weight excluding hydrogens is 858 g/mol. The molecule has 7 heteroatoms. The van der Waals surface area contributed by atoms with Crippen molar-refractivity contribution in [1.29, 1.82) is 0 Å². The van der Waals surface area contributed by atoms with Crippen molar-refractivity contribution in [2.75, 3.05) is 9.80 Å². The Balaban J connectivity index is 0.00000427. The smallest absolute Gasteiger partial charge is 0.217 e. The Morgan fingerprint density at radius 1 is 0.636 bits per heavy atom. The summed E-state index contributed by atoms with van der Waals surface area (Å²) in [5.74, 6) is 2.70. The predicted octanol–water partition coefficient (Wildman–Crippen LogP) is 12.2. The number of rotatable bonds is 9. The van der Waals surface area contributed by atoms with E-state index in [1.54, 1.807) is 0 Å². The van der Waals surface area contributed by atoms with Crippen LogP contribution in [0.1, 0.15) is 50.7 Å². The minimum atomic E-state index is 0. The van der Waals surface area contributed by atoms with E-state index in [-0.39, 0.29) is 21.1 Å².